The first-order chi connectivity index (χ1) is 13.3. The van der Waals surface area contributed by atoms with Gasteiger partial charge in [-0.3, -0.25) is 0 Å². The van der Waals surface area contributed by atoms with Crippen LogP contribution >= 0.6 is 0 Å². The van der Waals surface area contributed by atoms with Crippen molar-refractivity contribution in [2.45, 2.75) is 18.7 Å². The molecule has 0 aliphatic rings. The van der Waals surface area contributed by atoms with Crippen LogP contribution in [0.25, 0.3) is 11.3 Å². The molecule has 0 saturated carbocycles. The largest absolute Gasteiger partial charge is 0.384 e. The quantitative estimate of drug-likeness (QED) is 0.654. The molecular weight excluding hydrogens is 374 g/mol. The van der Waals surface area contributed by atoms with E-state index in [0.29, 0.717) is 33.9 Å². The Labute approximate surface area is 163 Å². The van der Waals surface area contributed by atoms with Crippen molar-refractivity contribution < 1.29 is 8.42 Å². The summed E-state index contributed by atoms with van der Waals surface area (Å²) in [5.74, 6) is 6.67. The second-order valence-corrected chi connectivity index (χ2v) is 8.32. The molecule has 1 aromatic carbocycles. The molecule has 0 radical (unpaired) electrons. The molecule has 3 aromatic rings. The van der Waals surface area contributed by atoms with Crippen LogP contribution in [0, 0.1) is 18.8 Å². The summed E-state index contributed by atoms with van der Waals surface area (Å²) in [5.41, 5.74) is 14.6. The van der Waals surface area contributed by atoms with Gasteiger partial charge in [0.1, 0.15) is 5.82 Å². The van der Waals surface area contributed by atoms with E-state index in [4.69, 9.17) is 11.5 Å². The molecule has 3 rings (SSSR count). The summed E-state index contributed by atoms with van der Waals surface area (Å²) in [4.78, 5) is 12.8. The Morgan fingerprint density at radius 3 is 2.32 bits per heavy atom. The number of anilines is 2. The third kappa shape index (κ3) is 4.10. The van der Waals surface area contributed by atoms with Crippen molar-refractivity contribution in [1.82, 2.24) is 15.0 Å². The predicted octanol–water partition coefficient (Wildman–Crippen LogP) is 2.20. The van der Waals surface area contributed by atoms with Gasteiger partial charge in [-0.05, 0) is 31.2 Å². The topological polar surface area (TPSA) is 125 Å². The van der Waals surface area contributed by atoms with E-state index < -0.39 is 9.84 Å². The minimum atomic E-state index is -3.28. The van der Waals surface area contributed by atoms with Crippen LogP contribution in [-0.4, -0.2) is 29.1 Å². The number of nitrogen functional groups attached to an aromatic ring is 2. The molecule has 8 heteroatoms. The second kappa shape index (κ2) is 7.66. The van der Waals surface area contributed by atoms with Crippen LogP contribution < -0.4 is 11.5 Å². The van der Waals surface area contributed by atoms with Gasteiger partial charge in [-0.2, -0.15) is 0 Å². The zero-order chi connectivity index (χ0) is 20.3. The van der Waals surface area contributed by atoms with E-state index in [2.05, 4.69) is 26.8 Å². The lowest BCUT2D eigenvalue weighted by Crippen LogP contribution is -2.05. The molecule has 0 atom stereocenters. The summed E-state index contributed by atoms with van der Waals surface area (Å²) in [5, 5.41) is 0. The Hall–Kier alpha value is -3.44. The number of rotatable bonds is 3. The molecule has 0 bridgehead atoms. The summed E-state index contributed by atoms with van der Waals surface area (Å²) in [6, 6.07) is 9.95. The summed E-state index contributed by atoms with van der Waals surface area (Å²) in [6.45, 7) is 3.40. The van der Waals surface area contributed by atoms with Crippen molar-refractivity contribution >= 4 is 21.6 Å². The van der Waals surface area contributed by atoms with Gasteiger partial charge in [0.2, 0.25) is 5.95 Å². The molecule has 0 unspecified atom stereocenters. The van der Waals surface area contributed by atoms with Crippen molar-refractivity contribution in [3.8, 4) is 23.1 Å². The molecule has 7 nitrogen and oxygen atoms in total. The highest BCUT2D eigenvalue weighted by Crippen LogP contribution is 2.25. The van der Waals surface area contributed by atoms with Crippen molar-refractivity contribution in [1.29, 1.82) is 0 Å². The fourth-order valence-corrected chi connectivity index (χ4v) is 3.44. The third-order valence-corrected chi connectivity index (χ3v) is 5.84. The average molecular weight is 393 g/mol. The van der Waals surface area contributed by atoms with Crippen LogP contribution in [0.3, 0.4) is 0 Å². The highest BCUT2D eigenvalue weighted by Gasteiger charge is 2.14. The van der Waals surface area contributed by atoms with E-state index in [0.717, 1.165) is 0 Å². The standard InChI is InChI=1S/C20H19N5O2S/c1-3-28(26,27)16-8-6-15(7-9-16)19-17(13(2)24-20(22)25-19)10-4-14-5-11-18(21)23-12-14/h5-9,11-12H,3H2,1-2H3,(H2,21,23)(H2,22,24,25). The zero-order valence-corrected chi connectivity index (χ0v) is 16.3. The average Bonchev–Trinajstić information content (AvgIpc) is 2.68. The van der Waals surface area contributed by atoms with Gasteiger partial charge in [0, 0.05) is 17.3 Å². The first kappa shape index (κ1) is 19.3. The second-order valence-electron chi connectivity index (χ2n) is 6.04. The molecule has 0 aliphatic carbocycles. The van der Waals surface area contributed by atoms with Gasteiger partial charge in [0.25, 0.3) is 0 Å². The smallest absolute Gasteiger partial charge is 0.220 e. The van der Waals surface area contributed by atoms with Crippen molar-refractivity contribution in [2.75, 3.05) is 17.2 Å². The number of sulfone groups is 1. The molecule has 4 N–H and O–H groups in total. The van der Waals surface area contributed by atoms with E-state index in [1.165, 1.54) is 0 Å². The summed E-state index contributed by atoms with van der Waals surface area (Å²) in [6.07, 6.45) is 1.58. The van der Waals surface area contributed by atoms with Crippen LogP contribution in [0.2, 0.25) is 0 Å². The van der Waals surface area contributed by atoms with Crippen molar-refractivity contribution in [2.24, 2.45) is 0 Å². The fourth-order valence-electron chi connectivity index (χ4n) is 2.55. The number of benzene rings is 1. The third-order valence-electron chi connectivity index (χ3n) is 4.09. The first-order valence-electron chi connectivity index (χ1n) is 8.51. The zero-order valence-electron chi connectivity index (χ0n) is 15.5. The lowest BCUT2D eigenvalue weighted by atomic mass is 10.0. The number of nitrogens with zero attached hydrogens (tertiary/aromatic N) is 3. The van der Waals surface area contributed by atoms with Crippen LogP contribution in [0.4, 0.5) is 11.8 Å². The van der Waals surface area contributed by atoms with Crippen LogP contribution in [0.15, 0.2) is 47.5 Å². The molecule has 0 amide bonds. The van der Waals surface area contributed by atoms with Crippen LogP contribution in [0.1, 0.15) is 23.7 Å². The van der Waals surface area contributed by atoms with Gasteiger partial charge in [0.15, 0.2) is 9.84 Å². The molecule has 28 heavy (non-hydrogen) atoms. The fraction of sp³-hybridized carbons (Fsp3) is 0.150. The van der Waals surface area contributed by atoms with Gasteiger partial charge in [-0.25, -0.2) is 23.4 Å². The SMILES string of the molecule is CCS(=O)(=O)c1ccc(-c2nc(N)nc(C)c2C#Cc2ccc(N)nc2)cc1. The summed E-state index contributed by atoms with van der Waals surface area (Å²) in [7, 11) is -3.28. The number of hydrogen-bond acceptors (Lipinski definition) is 7. The minimum Gasteiger partial charge on any atom is -0.384 e. The van der Waals surface area contributed by atoms with E-state index in [9.17, 15) is 8.42 Å². The molecule has 0 fully saturated rings. The maximum atomic E-state index is 12.0. The number of aromatic nitrogens is 3. The molecule has 0 saturated heterocycles. The number of nitrogens with two attached hydrogens (primary N) is 2. The van der Waals surface area contributed by atoms with E-state index >= 15 is 0 Å². The Morgan fingerprint density at radius 1 is 1.00 bits per heavy atom. The number of hydrogen-bond donors (Lipinski definition) is 2. The maximum Gasteiger partial charge on any atom is 0.220 e. The monoisotopic (exact) mass is 393 g/mol. The van der Waals surface area contributed by atoms with Gasteiger partial charge < -0.3 is 11.5 Å². The highest BCUT2D eigenvalue weighted by molar-refractivity contribution is 7.91. The van der Waals surface area contributed by atoms with E-state index in [-0.39, 0.29) is 16.6 Å². The molecule has 0 aliphatic heterocycles. The van der Waals surface area contributed by atoms with Gasteiger partial charge in [-0.15, -0.1) is 0 Å². The predicted molar refractivity (Wildman–Crippen MR) is 109 cm³/mol. The first-order valence-corrected chi connectivity index (χ1v) is 10.2. The molecular formula is C20H19N5O2S. The van der Waals surface area contributed by atoms with Gasteiger partial charge in [0.05, 0.1) is 27.6 Å². The summed E-state index contributed by atoms with van der Waals surface area (Å²) < 4.78 is 24.0. The van der Waals surface area contributed by atoms with Crippen molar-refractivity contribution in [3.63, 3.8) is 0 Å². The highest BCUT2D eigenvalue weighted by atomic mass is 32.2. The van der Waals surface area contributed by atoms with E-state index in [1.807, 2.05) is 0 Å². The van der Waals surface area contributed by atoms with Crippen LogP contribution in [-0.2, 0) is 9.84 Å². The minimum absolute atomic E-state index is 0.0399. The molecule has 142 valence electrons. The Morgan fingerprint density at radius 2 is 1.71 bits per heavy atom. The number of aryl methyl sites for hydroxylation is 1. The van der Waals surface area contributed by atoms with Gasteiger partial charge >= 0.3 is 0 Å². The number of pyridine rings is 1. The van der Waals surface area contributed by atoms with Crippen LogP contribution in [0.5, 0.6) is 0 Å². The van der Waals surface area contributed by atoms with Gasteiger partial charge in [-0.1, -0.05) is 30.9 Å². The Bertz CT molecular complexity index is 1180. The maximum absolute atomic E-state index is 12.0. The molecule has 2 heterocycles. The Balaban J connectivity index is 2.08. The summed E-state index contributed by atoms with van der Waals surface area (Å²) >= 11 is 0. The molecule has 0 spiro atoms. The lowest BCUT2D eigenvalue weighted by Gasteiger charge is -2.09. The Kier molecular flexibility index (Phi) is 5.29. The van der Waals surface area contributed by atoms with Crippen molar-refractivity contribution in [3.05, 3.63) is 59.4 Å². The lowest BCUT2D eigenvalue weighted by molar-refractivity contribution is 0.597. The normalized spacial score (nSPS) is 10.9. The van der Waals surface area contributed by atoms with E-state index in [1.54, 1.807) is 56.4 Å². The molecule has 2 aromatic heterocycles.